The first-order valence-electron chi connectivity index (χ1n) is 10.2. The van der Waals surface area contributed by atoms with E-state index in [9.17, 15) is 0 Å². The molecule has 2 aromatic carbocycles. The molecule has 0 aliphatic carbocycles. The molecule has 0 radical (unpaired) electrons. The minimum atomic E-state index is 0.129. The standard InChI is InChI=1S/C23H24N7/c1-16-28(21-15-30-18-10-6-5-9-17(18)24-22(30)27(21)4)13-14-29(16)23-25(2)19-11-7-8-12-20(19)26(23)3/h5-16H,1-4H3/q+1/t16-/m1/s1. The van der Waals surface area contributed by atoms with Gasteiger partial charge in [0, 0.05) is 13.2 Å². The van der Waals surface area contributed by atoms with Crippen molar-refractivity contribution in [1.82, 2.24) is 18.5 Å². The summed E-state index contributed by atoms with van der Waals surface area (Å²) in [6.45, 7) is 2.23. The van der Waals surface area contributed by atoms with Crippen LogP contribution in [0.3, 0.4) is 0 Å². The van der Waals surface area contributed by atoms with Crippen LogP contribution in [0.25, 0.3) is 27.8 Å². The van der Waals surface area contributed by atoms with E-state index in [4.69, 9.17) is 4.98 Å². The third-order valence-electron chi connectivity index (χ3n) is 6.36. The Balaban J connectivity index is 1.44. The Kier molecular flexibility index (Phi) is 3.36. The number of fused-ring (bicyclic) bond motifs is 4. The van der Waals surface area contributed by atoms with Crippen molar-refractivity contribution in [2.75, 3.05) is 9.80 Å². The summed E-state index contributed by atoms with van der Waals surface area (Å²) in [6.07, 6.45) is 6.62. The van der Waals surface area contributed by atoms with Gasteiger partial charge in [-0.15, -0.1) is 0 Å². The fourth-order valence-corrected chi connectivity index (χ4v) is 4.79. The SMILES string of the molecule is C[C@@H]1N(c2cn3c4ccccc4nc3n2C)C=CN1c1n(C)c2ccccc2[n+]1C. The molecule has 0 bridgehead atoms. The molecular weight excluding hydrogens is 374 g/mol. The number of rotatable bonds is 2. The van der Waals surface area contributed by atoms with E-state index in [0.717, 1.165) is 28.6 Å². The van der Waals surface area contributed by atoms with Crippen LogP contribution in [0.5, 0.6) is 0 Å². The largest absolute Gasteiger partial charge is 0.366 e. The summed E-state index contributed by atoms with van der Waals surface area (Å²) in [5, 5.41) is 0. The monoisotopic (exact) mass is 398 g/mol. The van der Waals surface area contributed by atoms with E-state index >= 15 is 0 Å². The Labute approximate surface area is 174 Å². The molecule has 0 N–H and O–H groups in total. The maximum atomic E-state index is 4.82. The number of aryl methyl sites for hydroxylation is 3. The van der Waals surface area contributed by atoms with Gasteiger partial charge in [0.05, 0.1) is 37.5 Å². The summed E-state index contributed by atoms with van der Waals surface area (Å²) in [5.41, 5.74) is 4.58. The van der Waals surface area contributed by atoms with E-state index in [-0.39, 0.29) is 6.17 Å². The molecular formula is C23H24N7+. The minimum Gasteiger partial charge on any atom is -0.299 e. The maximum absolute atomic E-state index is 4.82. The van der Waals surface area contributed by atoms with Gasteiger partial charge in [0.1, 0.15) is 16.9 Å². The lowest BCUT2D eigenvalue weighted by atomic mass is 10.3. The number of imidazole rings is 3. The van der Waals surface area contributed by atoms with Crippen LogP contribution in [-0.2, 0) is 21.1 Å². The average Bonchev–Trinajstić information content (AvgIpc) is 3.46. The molecule has 3 aromatic heterocycles. The maximum Gasteiger partial charge on any atom is 0.366 e. The quantitative estimate of drug-likeness (QED) is 0.428. The molecule has 0 fully saturated rings. The summed E-state index contributed by atoms with van der Waals surface area (Å²) in [5.74, 6) is 3.20. The van der Waals surface area contributed by atoms with Crippen LogP contribution in [0.15, 0.2) is 67.1 Å². The number of aromatic nitrogens is 5. The molecule has 1 aliphatic heterocycles. The van der Waals surface area contributed by atoms with Gasteiger partial charge in [-0.2, -0.15) is 0 Å². The van der Waals surface area contributed by atoms with Gasteiger partial charge in [-0.05, 0) is 31.2 Å². The first-order valence-corrected chi connectivity index (χ1v) is 10.2. The molecule has 0 unspecified atom stereocenters. The second kappa shape index (κ2) is 5.89. The van der Waals surface area contributed by atoms with Crippen molar-refractivity contribution in [2.45, 2.75) is 13.1 Å². The third-order valence-corrected chi connectivity index (χ3v) is 6.36. The summed E-state index contributed by atoms with van der Waals surface area (Å²) in [6, 6.07) is 16.8. The molecule has 5 aromatic rings. The van der Waals surface area contributed by atoms with Crippen LogP contribution < -0.4 is 14.4 Å². The molecule has 1 atom stereocenters. The van der Waals surface area contributed by atoms with Gasteiger partial charge in [-0.3, -0.25) is 13.9 Å². The highest BCUT2D eigenvalue weighted by Gasteiger charge is 2.36. The van der Waals surface area contributed by atoms with Gasteiger partial charge >= 0.3 is 5.95 Å². The van der Waals surface area contributed by atoms with Crippen molar-refractivity contribution < 1.29 is 4.57 Å². The van der Waals surface area contributed by atoms with Crippen molar-refractivity contribution in [3.8, 4) is 0 Å². The third kappa shape index (κ3) is 2.09. The molecule has 7 heteroatoms. The van der Waals surface area contributed by atoms with E-state index in [1.165, 1.54) is 11.0 Å². The second-order valence-corrected chi connectivity index (χ2v) is 7.97. The highest BCUT2D eigenvalue weighted by Crippen LogP contribution is 2.31. The van der Waals surface area contributed by atoms with Gasteiger partial charge in [-0.1, -0.05) is 24.3 Å². The zero-order valence-corrected chi connectivity index (χ0v) is 17.6. The Bertz CT molecular complexity index is 1430. The highest BCUT2D eigenvalue weighted by molar-refractivity contribution is 5.81. The molecule has 0 saturated carbocycles. The van der Waals surface area contributed by atoms with Gasteiger partial charge in [-0.25, -0.2) is 19.0 Å². The fourth-order valence-electron chi connectivity index (χ4n) is 4.79. The van der Waals surface area contributed by atoms with E-state index < -0.39 is 0 Å². The lowest BCUT2D eigenvalue weighted by Gasteiger charge is -2.25. The first kappa shape index (κ1) is 17.1. The lowest BCUT2D eigenvalue weighted by Crippen LogP contribution is -2.44. The number of nitrogens with zero attached hydrogens (tertiary/aromatic N) is 7. The average molecular weight is 398 g/mol. The topological polar surface area (TPSA) is 37.5 Å². The van der Waals surface area contributed by atoms with E-state index in [1.54, 1.807) is 0 Å². The molecule has 6 rings (SSSR count). The van der Waals surface area contributed by atoms with Crippen LogP contribution in [-0.4, -0.2) is 24.7 Å². The predicted molar refractivity (Wildman–Crippen MR) is 119 cm³/mol. The van der Waals surface area contributed by atoms with E-state index in [0.29, 0.717) is 0 Å². The second-order valence-electron chi connectivity index (χ2n) is 7.97. The van der Waals surface area contributed by atoms with Crippen molar-refractivity contribution in [1.29, 1.82) is 0 Å². The lowest BCUT2D eigenvalue weighted by molar-refractivity contribution is -0.632. The molecule has 0 amide bonds. The Morgan fingerprint density at radius 1 is 0.867 bits per heavy atom. The van der Waals surface area contributed by atoms with Gasteiger partial charge < -0.3 is 0 Å². The molecule has 4 heterocycles. The number of anilines is 2. The molecule has 1 aliphatic rings. The Morgan fingerprint density at radius 3 is 2.37 bits per heavy atom. The van der Waals surface area contributed by atoms with Crippen LogP contribution in [0.2, 0.25) is 0 Å². The number of para-hydroxylation sites is 4. The van der Waals surface area contributed by atoms with Gasteiger partial charge in [0.2, 0.25) is 5.78 Å². The number of hydrogen-bond donors (Lipinski definition) is 0. The van der Waals surface area contributed by atoms with Crippen LogP contribution >= 0.6 is 0 Å². The first-order chi connectivity index (χ1) is 14.6. The van der Waals surface area contributed by atoms with Crippen molar-refractivity contribution in [3.05, 3.63) is 67.1 Å². The van der Waals surface area contributed by atoms with E-state index in [1.807, 2.05) is 6.07 Å². The van der Waals surface area contributed by atoms with Crippen molar-refractivity contribution >= 4 is 39.6 Å². The summed E-state index contributed by atoms with van der Waals surface area (Å²) < 4.78 is 8.84. The zero-order chi connectivity index (χ0) is 20.6. The highest BCUT2D eigenvalue weighted by atomic mass is 15.5. The normalized spacial score (nSPS) is 16.7. The van der Waals surface area contributed by atoms with Gasteiger partial charge in [0.25, 0.3) is 0 Å². The fraction of sp³-hybridized carbons (Fsp3) is 0.217. The molecule has 0 spiro atoms. The minimum absolute atomic E-state index is 0.129. The van der Waals surface area contributed by atoms with Gasteiger partial charge in [0.15, 0.2) is 6.17 Å². The molecule has 0 saturated heterocycles. The molecule has 30 heavy (non-hydrogen) atoms. The molecule has 7 nitrogen and oxygen atoms in total. The summed E-state index contributed by atoms with van der Waals surface area (Å²) in [7, 11) is 6.34. The Hall–Kier alpha value is -3.74. The zero-order valence-electron chi connectivity index (χ0n) is 17.6. The predicted octanol–water partition coefficient (Wildman–Crippen LogP) is 3.29. The molecule has 150 valence electrons. The van der Waals surface area contributed by atoms with Crippen LogP contribution in [0.1, 0.15) is 6.92 Å². The summed E-state index contributed by atoms with van der Waals surface area (Å²) >= 11 is 0. The van der Waals surface area contributed by atoms with Crippen molar-refractivity contribution in [2.24, 2.45) is 21.1 Å². The van der Waals surface area contributed by atoms with E-state index in [2.05, 4.69) is 117 Å². The summed E-state index contributed by atoms with van der Waals surface area (Å²) in [4.78, 5) is 9.43. The van der Waals surface area contributed by atoms with Crippen LogP contribution in [0, 0.1) is 0 Å². The van der Waals surface area contributed by atoms with Crippen LogP contribution in [0.4, 0.5) is 11.8 Å². The number of benzene rings is 2. The number of hydrogen-bond acceptors (Lipinski definition) is 3. The smallest absolute Gasteiger partial charge is 0.299 e. The van der Waals surface area contributed by atoms with Crippen molar-refractivity contribution in [3.63, 3.8) is 0 Å². The Morgan fingerprint density at radius 2 is 1.57 bits per heavy atom.